The van der Waals surface area contributed by atoms with Crippen LogP contribution in [0.4, 0.5) is 0 Å². The highest BCUT2D eigenvalue weighted by Crippen LogP contribution is 2.29. The zero-order valence-electron chi connectivity index (χ0n) is 19.0. The van der Waals surface area contributed by atoms with Crippen molar-refractivity contribution in [3.8, 4) is 11.5 Å². The van der Waals surface area contributed by atoms with Crippen LogP contribution >= 0.6 is 0 Å². The summed E-state index contributed by atoms with van der Waals surface area (Å²) in [6.45, 7) is 11.8. The molecule has 0 aromatic heterocycles. The van der Waals surface area contributed by atoms with Crippen LogP contribution in [0.3, 0.4) is 0 Å². The Kier molecular flexibility index (Phi) is 7.16. The molecule has 31 heavy (non-hydrogen) atoms. The SMILES string of the molecule is CCCOc1ccc(/C=C2\N=C(c3ccc(C(C)(C)C)cc3)OC2=O)c(OCCC)c1. The molecule has 0 bridgehead atoms. The molecular weight excluding hydrogens is 390 g/mol. The Morgan fingerprint density at radius 2 is 1.65 bits per heavy atom. The molecule has 5 nitrogen and oxygen atoms in total. The molecule has 0 saturated heterocycles. The number of ether oxygens (including phenoxy) is 3. The van der Waals surface area contributed by atoms with Crippen LogP contribution in [0.2, 0.25) is 0 Å². The fourth-order valence-corrected chi connectivity index (χ4v) is 3.07. The third-order valence-corrected chi connectivity index (χ3v) is 4.83. The highest BCUT2D eigenvalue weighted by atomic mass is 16.6. The smallest absolute Gasteiger partial charge is 0.363 e. The third-order valence-electron chi connectivity index (χ3n) is 4.83. The molecule has 1 aliphatic heterocycles. The van der Waals surface area contributed by atoms with Gasteiger partial charge in [-0.3, -0.25) is 0 Å². The van der Waals surface area contributed by atoms with E-state index in [4.69, 9.17) is 14.2 Å². The minimum Gasteiger partial charge on any atom is -0.493 e. The number of esters is 1. The van der Waals surface area contributed by atoms with Gasteiger partial charge in [0, 0.05) is 17.2 Å². The fraction of sp³-hybridized carbons (Fsp3) is 0.385. The van der Waals surface area contributed by atoms with E-state index in [9.17, 15) is 4.79 Å². The zero-order chi connectivity index (χ0) is 22.4. The lowest BCUT2D eigenvalue weighted by molar-refractivity contribution is -0.129. The maximum Gasteiger partial charge on any atom is 0.363 e. The number of rotatable bonds is 8. The predicted molar refractivity (Wildman–Crippen MR) is 124 cm³/mol. The average molecular weight is 422 g/mol. The molecule has 0 saturated carbocycles. The van der Waals surface area contributed by atoms with E-state index in [-0.39, 0.29) is 11.1 Å². The quantitative estimate of drug-likeness (QED) is 0.393. The number of carbonyl (C=O) groups excluding carboxylic acids is 1. The van der Waals surface area contributed by atoms with Gasteiger partial charge in [0.25, 0.3) is 0 Å². The molecular formula is C26H31NO4. The van der Waals surface area contributed by atoms with Crippen LogP contribution in [0.5, 0.6) is 11.5 Å². The number of hydrogen-bond donors (Lipinski definition) is 0. The maximum absolute atomic E-state index is 12.5. The van der Waals surface area contributed by atoms with E-state index in [0.29, 0.717) is 24.9 Å². The molecule has 0 atom stereocenters. The summed E-state index contributed by atoms with van der Waals surface area (Å²) in [5.74, 6) is 1.25. The van der Waals surface area contributed by atoms with E-state index in [2.05, 4.69) is 32.7 Å². The zero-order valence-corrected chi connectivity index (χ0v) is 19.0. The number of carbonyl (C=O) groups is 1. The van der Waals surface area contributed by atoms with Crippen molar-refractivity contribution in [2.75, 3.05) is 13.2 Å². The van der Waals surface area contributed by atoms with Crippen molar-refractivity contribution in [2.24, 2.45) is 4.99 Å². The lowest BCUT2D eigenvalue weighted by Crippen LogP contribution is -2.11. The lowest BCUT2D eigenvalue weighted by atomic mass is 9.87. The summed E-state index contributed by atoms with van der Waals surface area (Å²) in [7, 11) is 0. The minimum absolute atomic E-state index is 0.0552. The topological polar surface area (TPSA) is 57.1 Å². The van der Waals surface area contributed by atoms with Crippen molar-refractivity contribution in [3.63, 3.8) is 0 Å². The van der Waals surface area contributed by atoms with E-state index in [0.717, 1.165) is 29.7 Å². The molecule has 0 unspecified atom stereocenters. The number of benzene rings is 2. The van der Waals surface area contributed by atoms with Gasteiger partial charge in [-0.2, -0.15) is 0 Å². The summed E-state index contributed by atoms with van der Waals surface area (Å²) in [5, 5.41) is 0. The number of aliphatic imine (C=N–C) groups is 1. The van der Waals surface area contributed by atoms with Gasteiger partial charge >= 0.3 is 5.97 Å². The van der Waals surface area contributed by atoms with Gasteiger partial charge in [0.1, 0.15) is 11.5 Å². The number of cyclic esters (lactones) is 1. The van der Waals surface area contributed by atoms with Crippen molar-refractivity contribution in [1.82, 2.24) is 0 Å². The number of nitrogens with zero attached hydrogens (tertiary/aromatic N) is 1. The molecule has 1 aliphatic rings. The van der Waals surface area contributed by atoms with Gasteiger partial charge in [-0.1, -0.05) is 46.8 Å². The van der Waals surface area contributed by atoms with Gasteiger partial charge in [0.15, 0.2) is 5.70 Å². The molecule has 2 aromatic rings. The highest BCUT2D eigenvalue weighted by Gasteiger charge is 2.25. The molecule has 164 valence electrons. The predicted octanol–water partition coefficient (Wildman–Crippen LogP) is 5.91. The molecule has 5 heteroatoms. The van der Waals surface area contributed by atoms with Crippen LogP contribution in [0, 0.1) is 0 Å². The summed E-state index contributed by atoms with van der Waals surface area (Å²) in [5.41, 5.74) is 3.05. The molecule has 2 aromatic carbocycles. The van der Waals surface area contributed by atoms with Gasteiger partial charge in [0.05, 0.1) is 13.2 Å². The summed E-state index contributed by atoms with van der Waals surface area (Å²) < 4.78 is 17.0. The Morgan fingerprint density at radius 1 is 0.968 bits per heavy atom. The van der Waals surface area contributed by atoms with Crippen molar-refractivity contribution in [2.45, 2.75) is 52.9 Å². The van der Waals surface area contributed by atoms with Gasteiger partial charge in [0.2, 0.25) is 5.90 Å². The Hall–Kier alpha value is -3.08. The molecule has 3 rings (SSSR count). The fourth-order valence-electron chi connectivity index (χ4n) is 3.07. The van der Waals surface area contributed by atoms with Gasteiger partial charge in [-0.25, -0.2) is 9.79 Å². The Morgan fingerprint density at radius 3 is 2.29 bits per heavy atom. The van der Waals surface area contributed by atoms with Crippen LogP contribution < -0.4 is 9.47 Å². The Balaban J connectivity index is 1.88. The van der Waals surface area contributed by atoms with E-state index in [1.807, 2.05) is 49.4 Å². The van der Waals surface area contributed by atoms with Crippen molar-refractivity contribution in [3.05, 3.63) is 64.9 Å². The average Bonchev–Trinajstić information content (AvgIpc) is 3.11. The second kappa shape index (κ2) is 9.82. The van der Waals surface area contributed by atoms with Crippen molar-refractivity contribution in [1.29, 1.82) is 0 Å². The minimum atomic E-state index is -0.470. The van der Waals surface area contributed by atoms with Gasteiger partial charge < -0.3 is 14.2 Å². The van der Waals surface area contributed by atoms with Crippen LogP contribution in [-0.2, 0) is 14.9 Å². The first-order valence-corrected chi connectivity index (χ1v) is 10.8. The van der Waals surface area contributed by atoms with Crippen LogP contribution in [0.15, 0.2) is 53.2 Å². The maximum atomic E-state index is 12.5. The normalized spacial score (nSPS) is 15.1. The second-order valence-electron chi connectivity index (χ2n) is 8.56. The molecule has 0 amide bonds. The van der Waals surface area contributed by atoms with E-state index >= 15 is 0 Å². The summed E-state index contributed by atoms with van der Waals surface area (Å²) in [6, 6.07) is 13.6. The first kappa shape index (κ1) is 22.6. The third kappa shape index (κ3) is 5.75. The van der Waals surface area contributed by atoms with Crippen LogP contribution in [0.25, 0.3) is 6.08 Å². The first-order valence-electron chi connectivity index (χ1n) is 10.8. The van der Waals surface area contributed by atoms with E-state index in [1.54, 1.807) is 6.08 Å². The molecule has 0 N–H and O–H groups in total. The van der Waals surface area contributed by atoms with E-state index in [1.165, 1.54) is 5.56 Å². The van der Waals surface area contributed by atoms with Gasteiger partial charge in [-0.15, -0.1) is 0 Å². The Bertz CT molecular complexity index is 981. The first-order chi connectivity index (χ1) is 14.8. The summed E-state index contributed by atoms with van der Waals surface area (Å²) in [4.78, 5) is 16.9. The van der Waals surface area contributed by atoms with Crippen molar-refractivity contribution < 1.29 is 19.0 Å². The molecule has 1 heterocycles. The monoisotopic (exact) mass is 421 g/mol. The highest BCUT2D eigenvalue weighted by molar-refractivity contribution is 6.13. The summed E-state index contributed by atoms with van der Waals surface area (Å²) >= 11 is 0. The largest absolute Gasteiger partial charge is 0.493 e. The molecule has 0 fully saturated rings. The van der Waals surface area contributed by atoms with Crippen LogP contribution in [0.1, 0.15) is 64.2 Å². The van der Waals surface area contributed by atoms with Crippen LogP contribution in [-0.4, -0.2) is 25.1 Å². The molecule has 0 spiro atoms. The Labute approximate surface area is 184 Å². The van der Waals surface area contributed by atoms with Crippen molar-refractivity contribution >= 4 is 17.9 Å². The second-order valence-corrected chi connectivity index (χ2v) is 8.56. The lowest BCUT2D eigenvalue weighted by Gasteiger charge is -2.18. The number of hydrogen-bond acceptors (Lipinski definition) is 5. The van der Waals surface area contributed by atoms with E-state index < -0.39 is 5.97 Å². The molecule has 0 aliphatic carbocycles. The van der Waals surface area contributed by atoms with Gasteiger partial charge in [-0.05, 0) is 54.2 Å². The molecule has 0 radical (unpaired) electrons. The standard InChI is InChI=1S/C26H31NO4/c1-6-14-29-21-13-10-19(23(17-21)30-15-7-2)16-22-25(28)31-24(27-22)18-8-11-20(12-9-18)26(3,4)5/h8-13,16-17H,6-7,14-15H2,1-5H3/b22-16-. The summed E-state index contributed by atoms with van der Waals surface area (Å²) in [6.07, 6.45) is 3.51.